The Morgan fingerprint density at radius 2 is 2.13 bits per heavy atom. The molecule has 0 fully saturated rings. The Kier molecular flexibility index (Phi) is 5.78. The fourth-order valence-corrected chi connectivity index (χ4v) is 3.65. The molecule has 6 nitrogen and oxygen atoms in total. The number of aromatic nitrogens is 3. The van der Waals surface area contributed by atoms with Crippen LogP contribution < -0.4 is 4.74 Å². The van der Waals surface area contributed by atoms with Crippen molar-refractivity contribution in [3.05, 3.63) is 52.5 Å². The molecule has 0 spiro atoms. The number of fused-ring (bicyclic) bond motifs is 2. The Morgan fingerprint density at radius 1 is 1.29 bits per heavy atom. The number of nitrogens with one attached hydrogen (secondary N) is 1. The van der Waals surface area contributed by atoms with Crippen molar-refractivity contribution >= 4 is 16.9 Å². The Balaban J connectivity index is 1.72. The summed E-state index contributed by atoms with van der Waals surface area (Å²) < 4.78 is 63.6. The molecule has 1 aromatic carbocycles. The van der Waals surface area contributed by atoms with Crippen LogP contribution in [0.3, 0.4) is 0 Å². The van der Waals surface area contributed by atoms with E-state index in [0.29, 0.717) is 24.5 Å². The lowest BCUT2D eigenvalue weighted by molar-refractivity contribution is -0.140. The molecule has 3 aromatic rings. The summed E-state index contributed by atoms with van der Waals surface area (Å²) >= 11 is 0. The van der Waals surface area contributed by atoms with Gasteiger partial charge in [0.25, 0.3) is 0 Å². The number of hydrogen-bond acceptors (Lipinski definition) is 4. The smallest absolute Gasteiger partial charge is 0.438 e. The van der Waals surface area contributed by atoms with Gasteiger partial charge in [-0.3, -0.25) is 0 Å². The molecule has 2 aromatic heterocycles. The molecule has 31 heavy (non-hydrogen) atoms. The summed E-state index contributed by atoms with van der Waals surface area (Å²) in [6.45, 7) is 0.918. The SMILES string of the molecule is COCCC[C@H]1COc2cc(F)ccc2C1C#[N+]c1ncnc2[nH]c(C(F)(F)F)cc12. The number of alkyl halides is 3. The average molecular weight is 435 g/mol. The predicted octanol–water partition coefficient (Wildman–Crippen LogP) is 5.30. The molecule has 1 aliphatic heterocycles. The van der Waals surface area contributed by atoms with E-state index in [4.69, 9.17) is 9.47 Å². The second-order valence-corrected chi connectivity index (χ2v) is 7.25. The third-order valence-corrected chi connectivity index (χ3v) is 5.18. The van der Waals surface area contributed by atoms with Gasteiger partial charge in [0.05, 0.1) is 6.61 Å². The predicted molar refractivity (Wildman–Crippen MR) is 105 cm³/mol. The quantitative estimate of drug-likeness (QED) is 0.446. The first-order valence-corrected chi connectivity index (χ1v) is 9.65. The van der Waals surface area contributed by atoms with Crippen molar-refractivity contribution in [3.8, 4) is 11.8 Å². The van der Waals surface area contributed by atoms with Crippen LogP contribution in [0.4, 0.5) is 23.4 Å². The first kappa shape index (κ1) is 21.1. The maximum absolute atomic E-state index is 13.6. The van der Waals surface area contributed by atoms with Crippen LogP contribution in [0, 0.1) is 17.8 Å². The fraction of sp³-hybridized carbons (Fsp3) is 0.381. The van der Waals surface area contributed by atoms with Crippen LogP contribution in [0.1, 0.15) is 30.0 Å². The third-order valence-electron chi connectivity index (χ3n) is 5.18. The Hall–Kier alpha value is -3.19. The number of hydrogen-bond donors (Lipinski definition) is 1. The van der Waals surface area contributed by atoms with Crippen LogP contribution in [-0.4, -0.2) is 35.3 Å². The van der Waals surface area contributed by atoms with E-state index in [9.17, 15) is 17.6 Å². The molecule has 162 valence electrons. The molecule has 0 saturated carbocycles. The molecule has 0 amide bonds. The van der Waals surface area contributed by atoms with Gasteiger partial charge in [-0.1, -0.05) is 6.07 Å². The van der Waals surface area contributed by atoms with Crippen LogP contribution >= 0.6 is 0 Å². The Labute approximate surface area is 175 Å². The average Bonchev–Trinajstić information content (AvgIpc) is 3.18. The fourth-order valence-electron chi connectivity index (χ4n) is 3.65. The maximum Gasteiger partial charge on any atom is 0.438 e. The highest BCUT2D eigenvalue weighted by Gasteiger charge is 2.35. The lowest BCUT2D eigenvalue weighted by Crippen LogP contribution is -2.25. The second-order valence-electron chi connectivity index (χ2n) is 7.25. The van der Waals surface area contributed by atoms with Crippen molar-refractivity contribution in [1.29, 1.82) is 0 Å². The first-order chi connectivity index (χ1) is 14.9. The molecular formula is C21H19F4N4O2+. The van der Waals surface area contributed by atoms with Crippen molar-refractivity contribution in [2.75, 3.05) is 20.3 Å². The molecule has 0 bridgehead atoms. The lowest BCUT2D eigenvalue weighted by atomic mass is 9.82. The first-order valence-electron chi connectivity index (χ1n) is 9.65. The van der Waals surface area contributed by atoms with Crippen LogP contribution in [0.5, 0.6) is 5.75 Å². The van der Waals surface area contributed by atoms with E-state index in [1.165, 1.54) is 12.1 Å². The van der Waals surface area contributed by atoms with Gasteiger partial charge in [-0.15, -0.1) is 0 Å². The minimum Gasteiger partial charge on any atom is -0.493 e. The van der Waals surface area contributed by atoms with E-state index in [2.05, 4.69) is 25.9 Å². The van der Waals surface area contributed by atoms with Crippen molar-refractivity contribution in [1.82, 2.24) is 15.0 Å². The van der Waals surface area contributed by atoms with Gasteiger partial charge in [0.1, 0.15) is 28.6 Å². The molecule has 1 N–H and O–H groups in total. The van der Waals surface area contributed by atoms with E-state index in [1.54, 1.807) is 13.2 Å². The monoisotopic (exact) mass is 435 g/mol. The topological polar surface area (TPSA) is 64.4 Å². The summed E-state index contributed by atoms with van der Waals surface area (Å²) in [5.74, 6) is -0.290. The summed E-state index contributed by atoms with van der Waals surface area (Å²) in [4.78, 5) is 14.4. The third kappa shape index (κ3) is 4.46. The number of nitrogens with zero attached hydrogens (tertiary/aromatic N) is 3. The number of benzene rings is 1. The maximum atomic E-state index is 13.6. The summed E-state index contributed by atoms with van der Waals surface area (Å²) in [6.07, 6.45) is -1.87. The molecule has 3 heterocycles. The largest absolute Gasteiger partial charge is 0.493 e. The van der Waals surface area contributed by atoms with Gasteiger partial charge >= 0.3 is 12.0 Å². The van der Waals surface area contributed by atoms with Crippen LogP contribution in [0.2, 0.25) is 0 Å². The normalized spacial score (nSPS) is 18.2. The summed E-state index contributed by atoms with van der Waals surface area (Å²) in [5, 5.41) is 0.143. The van der Waals surface area contributed by atoms with Gasteiger partial charge in [0, 0.05) is 31.3 Å². The van der Waals surface area contributed by atoms with Crippen LogP contribution in [0.25, 0.3) is 15.9 Å². The number of H-pyrrole nitrogens is 1. The van der Waals surface area contributed by atoms with E-state index >= 15 is 0 Å². The number of ether oxygens (including phenoxy) is 2. The Bertz CT molecular complexity index is 1150. The van der Waals surface area contributed by atoms with Crippen molar-refractivity contribution in [2.45, 2.75) is 24.9 Å². The number of halogens is 4. The van der Waals surface area contributed by atoms with Gasteiger partial charge in [-0.05, 0) is 30.0 Å². The van der Waals surface area contributed by atoms with Crippen molar-refractivity contribution < 1.29 is 27.0 Å². The molecule has 0 radical (unpaired) electrons. The van der Waals surface area contributed by atoms with Crippen molar-refractivity contribution in [3.63, 3.8) is 0 Å². The number of aromatic amines is 1. The van der Waals surface area contributed by atoms with Gasteiger partial charge < -0.3 is 14.5 Å². The zero-order valence-electron chi connectivity index (χ0n) is 16.5. The Morgan fingerprint density at radius 3 is 2.90 bits per heavy atom. The molecule has 0 saturated heterocycles. The zero-order valence-corrected chi connectivity index (χ0v) is 16.5. The van der Waals surface area contributed by atoms with Crippen LogP contribution in [0.15, 0.2) is 30.6 Å². The molecule has 4 rings (SSSR count). The standard InChI is InChI=1S/C21H19F4N4O2/c1-30-6-2-3-12-10-31-17-7-13(22)4-5-14(17)16(12)9-26-19-15-8-18(21(23,24)25)29-20(15)28-11-27-19/h4-5,7-8,11-12,16H,2-3,6,10H2,1H3,(H,27,28,29)/q+1/t12-,16?/m0/s1. The summed E-state index contributed by atoms with van der Waals surface area (Å²) in [6, 6.07) is 8.21. The van der Waals surface area contributed by atoms with Gasteiger partial charge in [-0.25, -0.2) is 4.39 Å². The zero-order chi connectivity index (χ0) is 22.0. The number of rotatable bonds is 4. The molecule has 2 atom stereocenters. The summed E-state index contributed by atoms with van der Waals surface area (Å²) in [5.41, 5.74) is -0.174. The number of methoxy groups -OCH3 is 1. The lowest BCUT2D eigenvalue weighted by Gasteiger charge is -2.29. The van der Waals surface area contributed by atoms with Gasteiger partial charge in [0.15, 0.2) is 11.7 Å². The highest BCUT2D eigenvalue weighted by Crippen LogP contribution is 2.40. The van der Waals surface area contributed by atoms with Gasteiger partial charge in [-0.2, -0.15) is 23.0 Å². The second kappa shape index (κ2) is 8.51. The molecule has 10 heteroatoms. The highest BCUT2D eigenvalue weighted by atomic mass is 19.4. The van der Waals surface area contributed by atoms with E-state index < -0.39 is 17.7 Å². The molecule has 1 aliphatic rings. The molecular weight excluding hydrogens is 416 g/mol. The van der Waals surface area contributed by atoms with E-state index in [1.807, 2.05) is 0 Å². The minimum atomic E-state index is -4.54. The highest BCUT2D eigenvalue weighted by molar-refractivity contribution is 5.88. The van der Waals surface area contributed by atoms with Gasteiger partial charge in [0.2, 0.25) is 6.33 Å². The van der Waals surface area contributed by atoms with E-state index in [0.717, 1.165) is 25.2 Å². The summed E-state index contributed by atoms with van der Waals surface area (Å²) in [7, 11) is 1.62. The molecule has 1 unspecified atom stereocenters. The van der Waals surface area contributed by atoms with Crippen LogP contribution in [-0.2, 0) is 10.9 Å². The minimum absolute atomic E-state index is 0.00819. The van der Waals surface area contributed by atoms with Crippen molar-refractivity contribution in [2.24, 2.45) is 5.92 Å². The molecule has 0 aliphatic carbocycles. The van der Waals surface area contributed by atoms with E-state index in [-0.39, 0.29) is 28.7 Å².